The summed E-state index contributed by atoms with van der Waals surface area (Å²) in [5.41, 5.74) is 1.68. The lowest BCUT2D eigenvalue weighted by atomic mass is 9.96. The van der Waals surface area contributed by atoms with Gasteiger partial charge < -0.3 is 10.1 Å². The molecule has 0 saturated heterocycles. The van der Waals surface area contributed by atoms with E-state index in [1.165, 1.54) is 0 Å². The van der Waals surface area contributed by atoms with Crippen molar-refractivity contribution in [1.29, 1.82) is 0 Å². The maximum absolute atomic E-state index is 11.1. The summed E-state index contributed by atoms with van der Waals surface area (Å²) in [6.45, 7) is 1.97. The van der Waals surface area contributed by atoms with Crippen LogP contribution in [0, 0.1) is 11.8 Å². The first kappa shape index (κ1) is 8.71. The van der Waals surface area contributed by atoms with Crippen LogP contribution in [0.2, 0.25) is 0 Å². The van der Waals surface area contributed by atoms with Crippen LogP contribution in [0.3, 0.4) is 0 Å². The molecular weight excluding hydrogens is 194 g/mol. The zero-order valence-corrected chi connectivity index (χ0v) is 8.28. The van der Waals surface area contributed by atoms with Crippen LogP contribution in [0.25, 0.3) is 0 Å². The van der Waals surface area contributed by atoms with E-state index in [0.29, 0.717) is 0 Å². The van der Waals surface area contributed by atoms with Crippen LogP contribution in [-0.4, -0.2) is 16.1 Å². The highest BCUT2D eigenvalue weighted by Gasteiger charge is 2.69. The van der Waals surface area contributed by atoms with Crippen LogP contribution in [0.4, 0.5) is 0 Å². The summed E-state index contributed by atoms with van der Waals surface area (Å²) in [7, 11) is 0. The van der Waals surface area contributed by atoms with Crippen LogP contribution in [-0.2, 0) is 16.6 Å². The standard InChI is InChI=1S/C11H11NO3/c1-11-6(9(11)10(14)15)2-5-3-8(13)12-4-7(5)11/h3-4,6,9H,2H2,1H3,(H,12,13)(H,14,15). The summed E-state index contributed by atoms with van der Waals surface area (Å²) >= 11 is 0. The van der Waals surface area contributed by atoms with E-state index in [0.717, 1.165) is 17.5 Å². The second kappa shape index (κ2) is 2.32. The van der Waals surface area contributed by atoms with Crippen LogP contribution in [0.15, 0.2) is 17.1 Å². The van der Waals surface area contributed by atoms with Gasteiger partial charge in [-0.05, 0) is 23.5 Å². The molecule has 0 radical (unpaired) electrons. The van der Waals surface area contributed by atoms with Gasteiger partial charge in [0.1, 0.15) is 0 Å². The number of carboxylic acids is 1. The van der Waals surface area contributed by atoms with Crippen LogP contribution in [0.1, 0.15) is 18.1 Å². The molecule has 2 N–H and O–H groups in total. The van der Waals surface area contributed by atoms with Gasteiger partial charge >= 0.3 is 5.97 Å². The molecule has 78 valence electrons. The summed E-state index contributed by atoms with van der Waals surface area (Å²) < 4.78 is 0. The number of fused-ring (bicyclic) bond motifs is 3. The van der Waals surface area contributed by atoms with Gasteiger partial charge in [0.2, 0.25) is 5.56 Å². The normalized spacial score (nSPS) is 35.8. The maximum atomic E-state index is 11.1. The van der Waals surface area contributed by atoms with E-state index in [1.807, 2.05) is 6.92 Å². The van der Waals surface area contributed by atoms with Gasteiger partial charge in [0.25, 0.3) is 0 Å². The molecule has 4 heteroatoms. The molecule has 3 rings (SSSR count). The van der Waals surface area contributed by atoms with E-state index in [2.05, 4.69) is 4.98 Å². The van der Waals surface area contributed by atoms with E-state index in [-0.39, 0.29) is 22.8 Å². The molecule has 1 aromatic heterocycles. The summed E-state index contributed by atoms with van der Waals surface area (Å²) in [5, 5.41) is 9.03. The monoisotopic (exact) mass is 205 g/mol. The number of nitrogens with one attached hydrogen (secondary N) is 1. The molecule has 15 heavy (non-hydrogen) atoms. The van der Waals surface area contributed by atoms with E-state index in [4.69, 9.17) is 5.11 Å². The Morgan fingerprint density at radius 3 is 3.07 bits per heavy atom. The molecule has 3 unspecified atom stereocenters. The second-order valence-corrected chi connectivity index (χ2v) is 4.65. The molecule has 4 nitrogen and oxygen atoms in total. The minimum atomic E-state index is -0.723. The third-order valence-corrected chi connectivity index (χ3v) is 4.01. The van der Waals surface area contributed by atoms with Gasteiger partial charge in [0.15, 0.2) is 0 Å². The van der Waals surface area contributed by atoms with Gasteiger partial charge in [-0.1, -0.05) is 6.92 Å². The Bertz CT molecular complexity index is 519. The smallest absolute Gasteiger partial charge is 0.307 e. The van der Waals surface area contributed by atoms with Crippen molar-refractivity contribution in [2.45, 2.75) is 18.8 Å². The van der Waals surface area contributed by atoms with Crippen molar-refractivity contribution in [2.24, 2.45) is 11.8 Å². The van der Waals surface area contributed by atoms with Crippen molar-refractivity contribution >= 4 is 5.97 Å². The van der Waals surface area contributed by atoms with Gasteiger partial charge in [0.05, 0.1) is 5.92 Å². The summed E-state index contributed by atoms with van der Waals surface area (Å²) in [4.78, 5) is 24.7. The number of aromatic nitrogens is 1. The number of carboxylic acid groups (broad SMARTS) is 1. The van der Waals surface area contributed by atoms with Gasteiger partial charge in [-0.2, -0.15) is 0 Å². The Labute approximate surface area is 85.9 Å². The first-order valence-corrected chi connectivity index (χ1v) is 5.00. The quantitative estimate of drug-likeness (QED) is 0.702. The predicted octanol–water partition coefficient (Wildman–Crippen LogP) is 0.519. The number of carbonyl (C=O) groups is 1. The Hall–Kier alpha value is -1.58. The van der Waals surface area contributed by atoms with Crippen molar-refractivity contribution < 1.29 is 9.90 Å². The summed E-state index contributed by atoms with van der Waals surface area (Å²) in [6.07, 6.45) is 2.41. The molecule has 1 aromatic rings. The molecule has 1 fully saturated rings. The van der Waals surface area contributed by atoms with Crippen LogP contribution in [0.5, 0.6) is 0 Å². The van der Waals surface area contributed by atoms with E-state index in [1.54, 1.807) is 12.3 Å². The number of aromatic amines is 1. The molecule has 3 atom stereocenters. The Balaban J connectivity index is 2.12. The third kappa shape index (κ3) is 0.868. The van der Waals surface area contributed by atoms with E-state index >= 15 is 0 Å². The lowest BCUT2D eigenvalue weighted by Gasteiger charge is -2.10. The van der Waals surface area contributed by atoms with Crippen LogP contribution >= 0.6 is 0 Å². The number of aliphatic carboxylic acids is 1. The lowest BCUT2D eigenvalue weighted by Crippen LogP contribution is -2.15. The van der Waals surface area contributed by atoms with E-state index < -0.39 is 5.97 Å². The van der Waals surface area contributed by atoms with Gasteiger partial charge in [-0.25, -0.2) is 0 Å². The van der Waals surface area contributed by atoms with Gasteiger partial charge in [0, 0.05) is 17.7 Å². The minimum absolute atomic E-state index is 0.106. The zero-order chi connectivity index (χ0) is 10.8. The topological polar surface area (TPSA) is 70.2 Å². The summed E-state index contributed by atoms with van der Waals surface area (Å²) in [5.74, 6) is -0.810. The summed E-state index contributed by atoms with van der Waals surface area (Å²) in [6, 6.07) is 1.59. The molecule has 1 heterocycles. The molecule has 2 aliphatic rings. The fourth-order valence-corrected chi connectivity index (χ4v) is 3.15. The molecule has 0 spiro atoms. The van der Waals surface area contributed by atoms with Crippen molar-refractivity contribution in [3.8, 4) is 0 Å². The SMILES string of the molecule is CC12c3c[nH]c(=O)cc3CC1C2C(=O)O. The minimum Gasteiger partial charge on any atom is -0.481 e. The number of hydrogen-bond donors (Lipinski definition) is 2. The molecule has 0 bridgehead atoms. The predicted molar refractivity (Wildman–Crippen MR) is 52.7 cm³/mol. The Morgan fingerprint density at radius 1 is 1.67 bits per heavy atom. The Morgan fingerprint density at radius 2 is 2.40 bits per heavy atom. The second-order valence-electron chi connectivity index (χ2n) is 4.65. The first-order valence-electron chi connectivity index (χ1n) is 5.00. The van der Waals surface area contributed by atoms with Crippen LogP contribution < -0.4 is 5.56 Å². The highest BCUT2D eigenvalue weighted by molar-refractivity contribution is 5.79. The van der Waals surface area contributed by atoms with Crippen molar-refractivity contribution in [2.75, 3.05) is 0 Å². The molecule has 0 amide bonds. The molecular formula is C11H11NO3. The van der Waals surface area contributed by atoms with Crippen molar-refractivity contribution in [1.82, 2.24) is 4.98 Å². The maximum Gasteiger partial charge on any atom is 0.307 e. The Kier molecular flexibility index (Phi) is 1.35. The first-order chi connectivity index (χ1) is 7.05. The largest absolute Gasteiger partial charge is 0.481 e. The number of rotatable bonds is 1. The average Bonchev–Trinajstić information content (AvgIpc) is 2.62. The molecule has 0 aliphatic heterocycles. The molecule has 0 aromatic carbocycles. The van der Waals surface area contributed by atoms with Crippen molar-refractivity contribution in [3.63, 3.8) is 0 Å². The fraction of sp³-hybridized carbons (Fsp3) is 0.455. The molecule has 2 aliphatic carbocycles. The number of hydrogen-bond acceptors (Lipinski definition) is 2. The average molecular weight is 205 g/mol. The lowest BCUT2D eigenvalue weighted by molar-refractivity contribution is -0.139. The van der Waals surface area contributed by atoms with Crippen molar-refractivity contribution in [3.05, 3.63) is 33.7 Å². The third-order valence-electron chi connectivity index (χ3n) is 4.01. The fourth-order valence-electron chi connectivity index (χ4n) is 3.15. The van der Waals surface area contributed by atoms with Gasteiger partial charge in [-0.15, -0.1) is 0 Å². The van der Waals surface area contributed by atoms with E-state index in [9.17, 15) is 9.59 Å². The zero-order valence-electron chi connectivity index (χ0n) is 8.28. The van der Waals surface area contributed by atoms with Gasteiger partial charge in [-0.3, -0.25) is 9.59 Å². The highest BCUT2D eigenvalue weighted by Crippen LogP contribution is 2.65. The molecule has 1 saturated carbocycles. The number of pyridine rings is 1. The highest BCUT2D eigenvalue weighted by atomic mass is 16.4. The number of H-pyrrole nitrogens is 1.